The van der Waals surface area contributed by atoms with Crippen molar-refractivity contribution in [3.8, 4) is 0 Å². The second-order valence-electron chi connectivity index (χ2n) is 4.22. The molecule has 15 heavy (non-hydrogen) atoms. The van der Waals surface area contributed by atoms with E-state index in [1.54, 1.807) is 0 Å². The highest BCUT2D eigenvalue weighted by Crippen LogP contribution is 2.20. The summed E-state index contributed by atoms with van der Waals surface area (Å²) < 4.78 is 0. The maximum absolute atomic E-state index is 3.50. The summed E-state index contributed by atoms with van der Waals surface area (Å²) in [6.45, 7) is 4.54. The first-order valence-electron chi connectivity index (χ1n) is 5.92. The second-order valence-corrected chi connectivity index (χ2v) is 5.02. The van der Waals surface area contributed by atoms with Gasteiger partial charge >= 0.3 is 0 Å². The van der Waals surface area contributed by atoms with Gasteiger partial charge in [-0.15, -0.1) is 0 Å². The number of aryl methyl sites for hydroxylation is 1. The highest BCUT2D eigenvalue weighted by Gasteiger charge is 2.03. The van der Waals surface area contributed by atoms with Crippen molar-refractivity contribution >= 4 is 15.9 Å². The van der Waals surface area contributed by atoms with E-state index in [9.17, 15) is 0 Å². The van der Waals surface area contributed by atoms with Gasteiger partial charge in [-0.05, 0) is 36.3 Å². The third-order valence-corrected chi connectivity index (χ3v) is 3.37. The van der Waals surface area contributed by atoms with Crippen molar-refractivity contribution in [1.29, 1.82) is 0 Å². The molecule has 0 amide bonds. The molecular formula is C14H21Br. The average Bonchev–Trinajstić information content (AvgIpc) is 2.27. The first kappa shape index (κ1) is 12.8. The highest BCUT2D eigenvalue weighted by molar-refractivity contribution is 9.09. The molecule has 0 aliphatic carbocycles. The first-order valence-corrected chi connectivity index (χ1v) is 7.05. The zero-order valence-electron chi connectivity index (χ0n) is 9.80. The van der Waals surface area contributed by atoms with Crippen molar-refractivity contribution < 1.29 is 0 Å². The summed E-state index contributed by atoms with van der Waals surface area (Å²) in [5.41, 5.74) is 2.95. The summed E-state index contributed by atoms with van der Waals surface area (Å²) in [7, 11) is 0. The number of unbranched alkanes of at least 4 members (excludes halogenated alkanes) is 1. The van der Waals surface area contributed by atoms with E-state index in [1.807, 2.05) is 0 Å². The molecule has 0 bridgehead atoms. The Kier molecular flexibility index (Phi) is 6.00. The molecule has 1 aromatic rings. The normalized spacial score (nSPS) is 12.7. The molecule has 0 saturated carbocycles. The van der Waals surface area contributed by atoms with Gasteiger partial charge in [0.1, 0.15) is 0 Å². The lowest BCUT2D eigenvalue weighted by Gasteiger charge is -2.10. The summed E-state index contributed by atoms with van der Waals surface area (Å²) in [5.74, 6) is 0.671. The lowest BCUT2D eigenvalue weighted by Crippen LogP contribution is -1.94. The Morgan fingerprint density at radius 1 is 1.20 bits per heavy atom. The number of halogens is 1. The van der Waals surface area contributed by atoms with Crippen molar-refractivity contribution in [2.75, 3.05) is 5.33 Å². The van der Waals surface area contributed by atoms with Gasteiger partial charge in [0.25, 0.3) is 0 Å². The summed E-state index contributed by atoms with van der Waals surface area (Å²) >= 11 is 3.50. The van der Waals surface area contributed by atoms with Gasteiger partial charge in [-0.25, -0.2) is 0 Å². The third-order valence-electron chi connectivity index (χ3n) is 2.91. The van der Waals surface area contributed by atoms with Crippen LogP contribution in [0.15, 0.2) is 24.3 Å². The fraction of sp³-hybridized carbons (Fsp3) is 0.571. The molecular weight excluding hydrogens is 248 g/mol. The minimum Gasteiger partial charge on any atom is -0.0928 e. The van der Waals surface area contributed by atoms with Crippen LogP contribution in [0.4, 0.5) is 0 Å². The second kappa shape index (κ2) is 7.05. The molecule has 0 nitrogen and oxygen atoms in total. The first-order chi connectivity index (χ1) is 7.27. The molecule has 1 unspecified atom stereocenters. The monoisotopic (exact) mass is 268 g/mol. The Morgan fingerprint density at radius 3 is 2.40 bits per heavy atom. The van der Waals surface area contributed by atoms with Gasteiger partial charge in [0, 0.05) is 5.33 Å². The Labute approximate surface area is 102 Å². The summed E-state index contributed by atoms with van der Waals surface area (Å²) in [4.78, 5) is 0. The average molecular weight is 269 g/mol. The largest absolute Gasteiger partial charge is 0.0928 e. The minimum absolute atomic E-state index is 0.671. The Morgan fingerprint density at radius 2 is 1.87 bits per heavy atom. The van der Waals surface area contributed by atoms with E-state index < -0.39 is 0 Å². The van der Waals surface area contributed by atoms with Crippen LogP contribution >= 0.6 is 15.9 Å². The van der Waals surface area contributed by atoms with Crippen molar-refractivity contribution in [1.82, 2.24) is 0 Å². The minimum atomic E-state index is 0.671. The smallest absolute Gasteiger partial charge is 0.00370 e. The predicted molar refractivity (Wildman–Crippen MR) is 71.9 cm³/mol. The molecule has 0 spiro atoms. The van der Waals surface area contributed by atoms with Crippen LogP contribution in [-0.2, 0) is 6.42 Å². The van der Waals surface area contributed by atoms with Crippen molar-refractivity contribution in [2.24, 2.45) is 0 Å². The number of alkyl halides is 1. The Balaban J connectivity index is 2.55. The standard InChI is InChI=1S/C14H21Br/c1-3-4-5-13-6-8-14(9-7-13)12(2)10-11-15/h6-9,12H,3-5,10-11H2,1-2H3. The molecule has 1 rings (SSSR count). The zero-order chi connectivity index (χ0) is 11.1. The van der Waals surface area contributed by atoms with E-state index in [0.717, 1.165) is 5.33 Å². The van der Waals surface area contributed by atoms with Gasteiger partial charge in [0.15, 0.2) is 0 Å². The summed E-state index contributed by atoms with van der Waals surface area (Å²) in [5, 5.41) is 1.09. The van der Waals surface area contributed by atoms with Crippen molar-refractivity contribution in [3.05, 3.63) is 35.4 Å². The van der Waals surface area contributed by atoms with Crippen LogP contribution in [0.5, 0.6) is 0 Å². The van der Waals surface area contributed by atoms with E-state index in [1.165, 1.54) is 36.8 Å². The fourth-order valence-corrected chi connectivity index (χ4v) is 2.41. The van der Waals surface area contributed by atoms with E-state index in [0.29, 0.717) is 5.92 Å². The molecule has 0 fully saturated rings. The fourth-order valence-electron chi connectivity index (χ4n) is 1.72. The molecule has 0 N–H and O–H groups in total. The molecule has 0 heterocycles. The lowest BCUT2D eigenvalue weighted by molar-refractivity contribution is 0.741. The van der Waals surface area contributed by atoms with Crippen LogP contribution in [0.2, 0.25) is 0 Å². The van der Waals surface area contributed by atoms with Crippen LogP contribution in [0, 0.1) is 0 Å². The Hall–Kier alpha value is -0.300. The van der Waals surface area contributed by atoms with E-state index in [4.69, 9.17) is 0 Å². The van der Waals surface area contributed by atoms with Crippen LogP contribution in [0.25, 0.3) is 0 Å². The summed E-state index contributed by atoms with van der Waals surface area (Å²) in [6.07, 6.45) is 5.02. The molecule has 0 aromatic heterocycles. The number of rotatable bonds is 6. The van der Waals surface area contributed by atoms with Gasteiger partial charge in [-0.1, -0.05) is 60.5 Å². The quantitative estimate of drug-likeness (QED) is 0.643. The van der Waals surface area contributed by atoms with Gasteiger partial charge in [-0.3, -0.25) is 0 Å². The van der Waals surface area contributed by atoms with E-state index in [2.05, 4.69) is 54.0 Å². The molecule has 1 aromatic carbocycles. The van der Waals surface area contributed by atoms with E-state index >= 15 is 0 Å². The zero-order valence-corrected chi connectivity index (χ0v) is 11.4. The van der Waals surface area contributed by atoms with Gasteiger partial charge < -0.3 is 0 Å². The summed E-state index contributed by atoms with van der Waals surface area (Å²) in [6, 6.07) is 9.15. The van der Waals surface area contributed by atoms with Crippen LogP contribution in [0.3, 0.4) is 0 Å². The maximum atomic E-state index is 3.50. The van der Waals surface area contributed by atoms with Gasteiger partial charge in [0.05, 0.1) is 0 Å². The Bertz CT molecular complexity index is 263. The number of benzene rings is 1. The lowest BCUT2D eigenvalue weighted by atomic mass is 9.96. The molecule has 1 heteroatoms. The van der Waals surface area contributed by atoms with E-state index in [-0.39, 0.29) is 0 Å². The molecule has 84 valence electrons. The number of hydrogen-bond acceptors (Lipinski definition) is 0. The SMILES string of the molecule is CCCCc1ccc(C(C)CCBr)cc1. The van der Waals surface area contributed by atoms with Crippen molar-refractivity contribution in [3.63, 3.8) is 0 Å². The molecule has 0 aliphatic heterocycles. The van der Waals surface area contributed by atoms with Crippen LogP contribution in [-0.4, -0.2) is 5.33 Å². The molecule has 0 aliphatic rings. The highest BCUT2D eigenvalue weighted by atomic mass is 79.9. The number of hydrogen-bond donors (Lipinski definition) is 0. The van der Waals surface area contributed by atoms with Gasteiger partial charge in [-0.2, -0.15) is 0 Å². The molecule has 0 radical (unpaired) electrons. The van der Waals surface area contributed by atoms with Gasteiger partial charge in [0.2, 0.25) is 0 Å². The van der Waals surface area contributed by atoms with Crippen LogP contribution in [0.1, 0.15) is 50.2 Å². The molecule has 0 saturated heterocycles. The van der Waals surface area contributed by atoms with Crippen LogP contribution < -0.4 is 0 Å². The topological polar surface area (TPSA) is 0 Å². The third kappa shape index (κ3) is 4.38. The maximum Gasteiger partial charge on any atom is 0.00370 e. The molecule has 1 atom stereocenters. The predicted octanol–water partition coefficient (Wildman–Crippen LogP) is 4.92. The van der Waals surface area contributed by atoms with Crippen molar-refractivity contribution in [2.45, 2.75) is 45.4 Å².